The number of hydrogen-bond donors (Lipinski definition) is 0. The Morgan fingerprint density at radius 2 is 1.20 bits per heavy atom. The molecule has 2 aromatic rings. The van der Waals surface area contributed by atoms with Crippen molar-refractivity contribution in [2.24, 2.45) is 0 Å². The summed E-state index contributed by atoms with van der Waals surface area (Å²) in [5.41, 5.74) is 8.52. The molecule has 0 aliphatic heterocycles. The van der Waals surface area contributed by atoms with Crippen molar-refractivity contribution in [1.29, 1.82) is 0 Å². The summed E-state index contributed by atoms with van der Waals surface area (Å²) in [5.74, 6) is 0.529. The van der Waals surface area contributed by atoms with Gasteiger partial charge in [-0.2, -0.15) is 0 Å². The van der Waals surface area contributed by atoms with E-state index in [-0.39, 0.29) is 0 Å². The second-order valence-electron chi connectivity index (χ2n) is 6.06. The van der Waals surface area contributed by atoms with Crippen molar-refractivity contribution in [2.75, 3.05) is 0 Å². The van der Waals surface area contributed by atoms with Gasteiger partial charge in [0.05, 0.1) is 0 Å². The van der Waals surface area contributed by atoms with Crippen molar-refractivity contribution in [3.8, 4) is 0 Å². The maximum Gasteiger partial charge on any atom is 0.00944 e. The molecule has 0 aromatic heterocycles. The van der Waals surface area contributed by atoms with Crippen LogP contribution in [0.25, 0.3) is 0 Å². The van der Waals surface area contributed by atoms with Gasteiger partial charge in [-0.05, 0) is 56.4 Å². The van der Waals surface area contributed by atoms with E-state index < -0.39 is 0 Å². The lowest BCUT2D eigenvalue weighted by molar-refractivity contribution is 0.691. The summed E-state index contributed by atoms with van der Waals surface area (Å²) >= 11 is 0. The summed E-state index contributed by atoms with van der Waals surface area (Å²) < 4.78 is 0. The third-order valence-corrected chi connectivity index (χ3v) is 4.18. The smallest absolute Gasteiger partial charge is 0.00944 e. The predicted molar refractivity (Wildman–Crippen MR) is 88.6 cm³/mol. The summed E-state index contributed by atoms with van der Waals surface area (Å²) in [6.45, 7) is 11.1. The molecule has 2 aromatic carbocycles. The van der Waals surface area contributed by atoms with E-state index in [1.807, 2.05) is 0 Å². The molecule has 0 spiro atoms. The molecule has 0 heterocycles. The van der Waals surface area contributed by atoms with Crippen LogP contribution in [0.15, 0.2) is 36.4 Å². The highest BCUT2D eigenvalue weighted by Crippen LogP contribution is 2.33. The molecule has 2 rings (SSSR count). The minimum atomic E-state index is 0.529. The predicted octanol–water partition coefficient (Wildman–Crippen LogP) is 5.85. The molecular weight excluding hydrogens is 240 g/mol. The Morgan fingerprint density at radius 3 is 1.55 bits per heavy atom. The zero-order valence-corrected chi connectivity index (χ0v) is 13.5. The zero-order valence-electron chi connectivity index (χ0n) is 13.5. The van der Waals surface area contributed by atoms with E-state index in [9.17, 15) is 0 Å². The number of hydrogen-bond acceptors (Lipinski definition) is 0. The summed E-state index contributed by atoms with van der Waals surface area (Å²) in [7, 11) is 0. The first kappa shape index (κ1) is 14.8. The van der Waals surface area contributed by atoms with Crippen LogP contribution in [0.2, 0.25) is 0 Å². The topological polar surface area (TPSA) is 0 Å². The molecule has 0 amide bonds. The van der Waals surface area contributed by atoms with Gasteiger partial charge in [0, 0.05) is 5.92 Å². The van der Waals surface area contributed by atoms with Crippen LogP contribution in [-0.4, -0.2) is 0 Å². The van der Waals surface area contributed by atoms with Crippen LogP contribution in [-0.2, 0) is 0 Å². The van der Waals surface area contributed by atoms with Crippen LogP contribution >= 0.6 is 0 Å². The number of rotatable bonds is 4. The maximum absolute atomic E-state index is 2.32. The molecular formula is C20H26. The second kappa shape index (κ2) is 6.26. The Morgan fingerprint density at radius 1 is 0.750 bits per heavy atom. The first-order valence-electron chi connectivity index (χ1n) is 7.67. The van der Waals surface area contributed by atoms with Crippen LogP contribution < -0.4 is 0 Å². The normalized spacial score (nSPS) is 11.1. The van der Waals surface area contributed by atoms with Crippen LogP contribution in [0, 0.1) is 27.7 Å². The van der Waals surface area contributed by atoms with E-state index in [0.29, 0.717) is 5.92 Å². The van der Waals surface area contributed by atoms with E-state index in [1.54, 1.807) is 0 Å². The van der Waals surface area contributed by atoms with Crippen LogP contribution in [0.4, 0.5) is 0 Å². The molecule has 0 aliphatic carbocycles. The van der Waals surface area contributed by atoms with E-state index >= 15 is 0 Å². The van der Waals surface area contributed by atoms with Gasteiger partial charge in [0.1, 0.15) is 0 Å². The molecule has 0 saturated heterocycles. The van der Waals surface area contributed by atoms with E-state index in [2.05, 4.69) is 71.0 Å². The number of aryl methyl sites for hydroxylation is 4. The molecule has 0 saturated carbocycles. The molecule has 106 valence electrons. The summed E-state index contributed by atoms with van der Waals surface area (Å²) in [5, 5.41) is 0. The lowest BCUT2D eigenvalue weighted by Crippen LogP contribution is -2.05. The highest BCUT2D eigenvalue weighted by Gasteiger charge is 2.17. The lowest BCUT2D eigenvalue weighted by atomic mass is 9.82. The van der Waals surface area contributed by atoms with Crippen LogP contribution in [0.1, 0.15) is 59.1 Å². The van der Waals surface area contributed by atoms with Gasteiger partial charge in [-0.3, -0.25) is 0 Å². The molecule has 0 N–H and O–H groups in total. The average Bonchev–Trinajstić information content (AvgIpc) is 2.37. The Kier molecular flexibility index (Phi) is 4.65. The van der Waals surface area contributed by atoms with Gasteiger partial charge in [-0.15, -0.1) is 0 Å². The minimum absolute atomic E-state index is 0.529. The first-order valence-corrected chi connectivity index (χ1v) is 7.67. The maximum atomic E-state index is 2.32. The molecule has 0 aliphatic rings. The van der Waals surface area contributed by atoms with Gasteiger partial charge in [0.2, 0.25) is 0 Å². The fourth-order valence-corrected chi connectivity index (χ4v) is 3.20. The van der Waals surface area contributed by atoms with Crippen molar-refractivity contribution < 1.29 is 0 Å². The Hall–Kier alpha value is -1.56. The molecule has 20 heavy (non-hydrogen) atoms. The Labute approximate surface area is 123 Å². The summed E-state index contributed by atoms with van der Waals surface area (Å²) in [6.07, 6.45) is 2.43. The number of benzene rings is 2. The van der Waals surface area contributed by atoms with Gasteiger partial charge >= 0.3 is 0 Å². The SMILES string of the molecule is CCCC(c1ccc(C)cc1C)c1ccc(C)cc1C. The standard InChI is InChI=1S/C20H26/c1-6-7-20(18-10-8-14(2)12-16(18)4)19-11-9-15(3)13-17(19)5/h8-13,20H,6-7H2,1-5H3. The monoisotopic (exact) mass is 266 g/mol. The fourth-order valence-electron chi connectivity index (χ4n) is 3.20. The molecule has 0 nitrogen and oxygen atoms in total. The van der Waals surface area contributed by atoms with Crippen molar-refractivity contribution in [3.05, 3.63) is 69.8 Å². The third-order valence-electron chi connectivity index (χ3n) is 4.18. The van der Waals surface area contributed by atoms with Crippen LogP contribution in [0.3, 0.4) is 0 Å². The third kappa shape index (κ3) is 3.12. The fraction of sp³-hybridized carbons (Fsp3) is 0.400. The quantitative estimate of drug-likeness (QED) is 0.651. The van der Waals surface area contributed by atoms with Crippen molar-refractivity contribution in [3.63, 3.8) is 0 Å². The summed E-state index contributed by atoms with van der Waals surface area (Å²) in [6, 6.07) is 13.8. The first-order chi connectivity index (χ1) is 9.52. The molecule has 0 fully saturated rings. The lowest BCUT2D eigenvalue weighted by Gasteiger charge is -2.22. The van der Waals surface area contributed by atoms with Crippen molar-refractivity contribution in [2.45, 2.75) is 53.4 Å². The molecule has 0 atom stereocenters. The van der Waals surface area contributed by atoms with Gasteiger partial charge in [0.25, 0.3) is 0 Å². The summed E-state index contributed by atoms with van der Waals surface area (Å²) in [4.78, 5) is 0. The molecule has 0 unspecified atom stereocenters. The van der Waals surface area contributed by atoms with Gasteiger partial charge in [0.15, 0.2) is 0 Å². The van der Waals surface area contributed by atoms with Gasteiger partial charge < -0.3 is 0 Å². The van der Waals surface area contributed by atoms with Crippen molar-refractivity contribution in [1.82, 2.24) is 0 Å². The molecule has 0 radical (unpaired) electrons. The van der Waals surface area contributed by atoms with E-state index in [0.717, 1.165) is 0 Å². The largest absolute Gasteiger partial charge is 0.0653 e. The average molecular weight is 266 g/mol. The molecule has 0 bridgehead atoms. The highest BCUT2D eigenvalue weighted by atomic mass is 14.2. The Bertz CT molecular complexity index is 541. The van der Waals surface area contributed by atoms with Gasteiger partial charge in [-0.25, -0.2) is 0 Å². The van der Waals surface area contributed by atoms with E-state index in [4.69, 9.17) is 0 Å². The highest BCUT2D eigenvalue weighted by molar-refractivity contribution is 5.43. The Balaban J connectivity index is 2.50. The van der Waals surface area contributed by atoms with Crippen molar-refractivity contribution >= 4 is 0 Å². The van der Waals surface area contributed by atoms with Crippen LogP contribution in [0.5, 0.6) is 0 Å². The van der Waals surface area contributed by atoms with E-state index in [1.165, 1.54) is 46.2 Å². The van der Waals surface area contributed by atoms with Gasteiger partial charge in [-0.1, -0.05) is 60.9 Å². The zero-order chi connectivity index (χ0) is 14.7. The minimum Gasteiger partial charge on any atom is -0.0653 e. The molecule has 0 heteroatoms. The second-order valence-corrected chi connectivity index (χ2v) is 6.06.